The van der Waals surface area contributed by atoms with Crippen molar-refractivity contribution in [2.45, 2.75) is 51.1 Å². The second kappa shape index (κ2) is 8.16. The Morgan fingerprint density at radius 3 is 2.63 bits per heavy atom. The Bertz CT molecular complexity index is 1580. The fraction of sp³-hybridized carbons (Fsp3) is 0.370. The van der Waals surface area contributed by atoms with Gasteiger partial charge >= 0.3 is 0 Å². The minimum Gasteiger partial charge on any atom is -0.345 e. The predicted molar refractivity (Wildman–Crippen MR) is 136 cm³/mol. The van der Waals surface area contributed by atoms with Crippen LogP contribution in [0.3, 0.4) is 0 Å². The van der Waals surface area contributed by atoms with Gasteiger partial charge < -0.3 is 5.32 Å². The van der Waals surface area contributed by atoms with Crippen molar-refractivity contribution in [2.24, 2.45) is 0 Å². The Kier molecular flexibility index (Phi) is 5.18. The van der Waals surface area contributed by atoms with Crippen molar-refractivity contribution in [1.82, 2.24) is 20.1 Å². The lowest BCUT2D eigenvalue weighted by Gasteiger charge is -2.18. The van der Waals surface area contributed by atoms with Gasteiger partial charge in [0.05, 0.1) is 40.2 Å². The van der Waals surface area contributed by atoms with Gasteiger partial charge in [-0.2, -0.15) is 5.10 Å². The molecule has 2 atom stereocenters. The number of nitrogens with zero attached hydrogens (tertiary/aromatic N) is 3. The van der Waals surface area contributed by atoms with E-state index < -0.39 is 9.84 Å². The summed E-state index contributed by atoms with van der Waals surface area (Å²) in [5, 5.41) is 10.9. The summed E-state index contributed by atoms with van der Waals surface area (Å²) in [7, 11) is -3.08. The van der Waals surface area contributed by atoms with Crippen molar-refractivity contribution in [1.29, 1.82) is 0 Å². The molecule has 6 rings (SSSR count). The van der Waals surface area contributed by atoms with Crippen molar-refractivity contribution in [3.63, 3.8) is 0 Å². The van der Waals surface area contributed by atoms with E-state index in [2.05, 4.69) is 34.7 Å². The average molecular weight is 489 g/mol. The molecule has 1 saturated carbocycles. The lowest BCUT2D eigenvalue weighted by Crippen LogP contribution is -2.27. The van der Waals surface area contributed by atoms with Crippen molar-refractivity contribution in [3.05, 3.63) is 71.0 Å². The zero-order valence-electron chi connectivity index (χ0n) is 19.9. The SMILES string of the molecule is Cc1nn(C2CCS(=O)(=O)C2)c2nc(C3CC3)cc(C(=O)NC(C)c3cccc4ccccc34)c12. The van der Waals surface area contributed by atoms with E-state index in [4.69, 9.17) is 4.98 Å². The molecule has 0 radical (unpaired) electrons. The third-order valence-corrected chi connectivity index (χ3v) is 9.04. The fourth-order valence-corrected chi connectivity index (χ4v) is 6.99. The number of hydrogen-bond acceptors (Lipinski definition) is 5. The summed E-state index contributed by atoms with van der Waals surface area (Å²) in [6, 6.07) is 15.8. The number of amides is 1. The third-order valence-electron chi connectivity index (χ3n) is 7.29. The van der Waals surface area contributed by atoms with Gasteiger partial charge in [0, 0.05) is 11.6 Å². The standard InChI is InChI=1S/C27H28N4O3S/c1-16(21-9-5-7-18-6-3-4-8-22(18)21)28-27(32)23-14-24(19-10-11-19)29-26-25(23)17(2)30-31(26)20-12-13-35(33,34)15-20/h3-9,14,16,19-20H,10-13,15H2,1-2H3,(H,28,32). The summed E-state index contributed by atoms with van der Waals surface area (Å²) in [5.74, 6) is 0.410. The van der Waals surface area contributed by atoms with E-state index in [1.807, 2.05) is 38.1 Å². The Morgan fingerprint density at radius 2 is 1.89 bits per heavy atom. The molecule has 1 N–H and O–H groups in total. The first-order valence-corrected chi connectivity index (χ1v) is 14.0. The average Bonchev–Trinajstić information content (AvgIpc) is 3.56. The van der Waals surface area contributed by atoms with Crippen molar-refractivity contribution >= 4 is 37.6 Å². The second-order valence-electron chi connectivity index (χ2n) is 9.92. The smallest absolute Gasteiger partial charge is 0.252 e. The molecule has 1 aliphatic carbocycles. The van der Waals surface area contributed by atoms with Crippen molar-refractivity contribution in [2.75, 3.05) is 11.5 Å². The zero-order chi connectivity index (χ0) is 24.3. The minimum absolute atomic E-state index is 0.0677. The van der Waals surface area contributed by atoms with E-state index in [0.29, 0.717) is 34.6 Å². The molecule has 2 fully saturated rings. The van der Waals surface area contributed by atoms with E-state index in [9.17, 15) is 13.2 Å². The van der Waals surface area contributed by atoms with Gasteiger partial charge in [0.1, 0.15) is 0 Å². The van der Waals surface area contributed by atoms with Gasteiger partial charge in [0.2, 0.25) is 0 Å². The molecule has 35 heavy (non-hydrogen) atoms. The number of fused-ring (bicyclic) bond motifs is 2. The highest BCUT2D eigenvalue weighted by Gasteiger charge is 2.34. The van der Waals surface area contributed by atoms with Crippen LogP contribution in [-0.4, -0.2) is 40.6 Å². The molecular formula is C27H28N4O3S. The Labute approximate surface area is 204 Å². The maximum Gasteiger partial charge on any atom is 0.252 e. The van der Waals surface area contributed by atoms with Gasteiger partial charge in [-0.05, 0) is 55.5 Å². The first kappa shape index (κ1) is 22.2. The number of benzene rings is 2. The van der Waals surface area contributed by atoms with Crippen molar-refractivity contribution < 1.29 is 13.2 Å². The fourth-order valence-electron chi connectivity index (χ4n) is 5.30. The number of aryl methyl sites for hydroxylation is 1. The summed E-state index contributed by atoms with van der Waals surface area (Å²) in [5.41, 5.74) is 3.84. The summed E-state index contributed by atoms with van der Waals surface area (Å²) in [6.45, 7) is 3.87. The summed E-state index contributed by atoms with van der Waals surface area (Å²) < 4.78 is 26.0. The molecule has 1 saturated heterocycles. The van der Waals surface area contributed by atoms with Crippen LogP contribution in [0.15, 0.2) is 48.5 Å². The number of carbonyl (C=O) groups is 1. The van der Waals surface area contributed by atoms with Gasteiger partial charge in [0.15, 0.2) is 15.5 Å². The lowest BCUT2D eigenvalue weighted by atomic mass is 9.99. The molecule has 0 spiro atoms. The normalized spacial score (nSPS) is 20.3. The van der Waals surface area contributed by atoms with Crippen molar-refractivity contribution in [3.8, 4) is 0 Å². The van der Waals surface area contributed by atoms with E-state index in [-0.39, 0.29) is 29.5 Å². The second-order valence-corrected chi connectivity index (χ2v) is 12.1. The molecule has 1 aliphatic heterocycles. The number of pyridine rings is 1. The number of carbonyl (C=O) groups excluding carboxylic acids is 1. The lowest BCUT2D eigenvalue weighted by molar-refractivity contribution is 0.0941. The molecule has 2 aliphatic rings. The molecule has 1 amide bonds. The molecular weight excluding hydrogens is 460 g/mol. The number of hydrogen-bond donors (Lipinski definition) is 1. The van der Waals surface area contributed by atoms with Crippen LogP contribution >= 0.6 is 0 Å². The van der Waals surface area contributed by atoms with E-state index in [0.717, 1.165) is 34.9 Å². The van der Waals surface area contributed by atoms with Crippen LogP contribution in [-0.2, 0) is 9.84 Å². The number of rotatable bonds is 5. The number of sulfone groups is 1. The molecule has 2 aromatic heterocycles. The minimum atomic E-state index is -3.08. The third kappa shape index (κ3) is 3.99. The molecule has 8 heteroatoms. The van der Waals surface area contributed by atoms with Crippen LogP contribution in [0.2, 0.25) is 0 Å². The molecule has 2 aromatic carbocycles. The topological polar surface area (TPSA) is 93.9 Å². The predicted octanol–water partition coefficient (Wildman–Crippen LogP) is 4.62. The van der Waals surface area contributed by atoms with Crippen LogP contribution < -0.4 is 5.32 Å². The highest BCUT2D eigenvalue weighted by atomic mass is 32.2. The Hall–Kier alpha value is -3.26. The largest absolute Gasteiger partial charge is 0.345 e. The highest BCUT2D eigenvalue weighted by molar-refractivity contribution is 7.91. The monoisotopic (exact) mass is 488 g/mol. The maximum atomic E-state index is 13.7. The van der Waals surface area contributed by atoms with E-state index in [1.54, 1.807) is 4.68 Å². The Balaban J connectivity index is 1.41. The zero-order valence-corrected chi connectivity index (χ0v) is 20.7. The molecule has 2 unspecified atom stereocenters. The molecule has 0 bridgehead atoms. The van der Waals surface area contributed by atoms with Gasteiger partial charge in [-0.25, -0.2) is 18.1 Å². The quantitative estimate of drug-likeness (QED) is 0.442. The van der Waals surface area contributed by atoms with Gasteiger partial charge in [-0.15, -0.1) is 0 Å². The van der Waals surface area contributed by atoms with Crippen LogP contribution in [0.25, 0.3) is 21.8 Å². The molecule has 180 valence electrons. The summed E-state index contributed by atoms with van der Waals surface area (Å²) in [4.78, 5) is 18.6. The van der Waals surface area contributed by atoms with E-state index >= 15 is 0 Å². The Morgan fingerprint density at radius 1 is 1.11 bits per heavy atom. The molecule has 3 heterocycles. The summed E-state index contributed by atoms with van der Waals surface area (Å²) >= 11 is 0. The first-order chi connectivity index (χ1) is 16.8. The maximum absolute atomic E-state index is 13.7. The van der Waals surface area contributed by atoms with Crippen LogP contribution in [0, 0.1) is 6.92 Å². The van der Waals surface area contributed by atoms with Gasteiger partial charge in [-0.1, -0.05) is 42.5 Å². The summed E-state index contributed by atoms with van der Waals surface area (Å²) in [6.07, 6.45) is 2.63. The van der Waals surface area contributed by atoms with Crippen LogP contribution in [0.5, 0.6) is 0 Å². The molecule has 7 nitrogen and oxygen atoms in total. The number of nitrogens with one attached hydrogen (secondary N) is 1. The number of aromatic nitrogens is 3. The van der Waals surface area contributed by atoms with Gasteiger partial charge in [0.25, 0.3) is 5.91 Å². The molecule has 4 aromatic rings. The van der Waals surface area contributed by atoms with Crippen LogP contribution in [0.4, 0.5) is 0 Å². The van der Waals surface area contributed by atoms with Gasteiger partial charge in [-0.3, -0.25) is 4.79 Å². The van der Waals surface area contributed by atoms with Crippen LogP contribution in [0.1, 0.15) is 71.5 Å². The van der Waals surface area contributed by atoms with E-state index in [1.165, 1.54) is 0 Å². The first-order valence-electron chi connectivity index (χ1n) is 12.2. The highest BCUT2D eigenvalue weighted by Crippen LogP contribution is 2.41.